The number of carbonyl (C=O) groups is 2. The van der Waals surface area contributed by atoms with E-state index in [1.807, 2.05) is 47.4 Å². The van der Waals surface area contributed by atoms with Gasteiger partial charge in [0.2, 0.25) is 5.91 Å². The van der Waals surface area contributed by atoms with Crippen LogP contribution in [0.25, 0.3) is 5.57 Å². The van der Waals surface area contributed by atoms with Crippen LogP contribution in [0.2, 0.25) is 20.1 Å². The first-order valence-corrected chi connectivity index (χ1v) is 14.9. The molecule has 1 fully saturated rings. The molecule has 1 aliphatic carbocycles. The van der Waals surface area contributed by atoms with Crippen LogP contribution in [-0.2, 0) is 20.9 Å². The van der Waals surface area contributed by atoms with Crippen molar-refractivity contribution in [1.82, 2.24) is 4.90 Å². The first-order chi connectivity index (χ1) is 20.2. The Hall–Kier alpha value is -2.94. The number of hydrogen-bond donors (Lipinski definition) is 1. The Balaban J connectivity index is 1.27. The molecule has 2 aliphatic rings. The average molecular weight is 650 g/mol. The van der Waals surface area contributed by atoms with Gasteiger partial charge in [0.05, 0.1) is 20.6 Å². The van der Waals surface area contributed by atoms with Gasteiger partial charge in [-0.3, -0.25) is 9.69 Å². The summed E-state index contributed by atoms with van der Waals surface area (Å²) in [6.45, 7) is 1.42. The molecule has 0 radical (unpaired) electrons. The summed E-state index contributed by atoms with van der Waals surface area (Å²) in [5, 5.41) is 1.58. The van der Waals surface area contributed by atoms with Crippen LogP contribution in [0, 0.1) is 0 Å². The fourth-order valence-corrected chi connectivity index (χ4v) is 5.78. The van der Waals surface area contributed by atoms with Crippen molar-refractivity contribution in [1.29, 1.82) is 0 Å². The van der Waals surface area contributed by atoms with Gasteiger partial charge >= 0.3 is 5.97 Å². The third kappa shape index (κ3) is 6.82. The average Bonchev–Trinajstić information content (AvgIpc) is 3.80. The Morgan fingerprint density at radius 3 is 2.24 bits per heavy atom. The van der Waals surface area contributed by atoms with Crippen molar-refractivity contribution in [2.45, 2.75) is 31.4 Å². The highest BCUT2D eigenvalue weighted by atomic mass is 35.5. The lowest BCUT2D eigenvalue weighted by molar-refractivity contribution is -0.141. The van der Waals surface area contributed by atoms with E-state index < -0.39 is 11.5 Å². The van der Waals surface area contributed by atoms with Crippen LogP contribution in [0.15, 0.2) is 66.2 Å². The number of amides is 1. The smallest absolute Gasteiger partial charge is 0.335 e. The molecule has 1 aliphatic heterocycles. The van der Waals surface area contributed by atoms with E-state index in [1.165, 1.54) is 6.07 Å². The second-order valence-electron chi connectivity index (χ2n) is 10.1. The third-order valence-electron chi connectivity index (χ3n) is 7.48. The predicted molar refractivity (Wildman–Crippen MR) is 164 cm³/mol. The molecular formula is C31H28Cl4N2O5. The molecule has 5 rings (SSSR count). The van der Waals surface area contributed by atoms with E-state index >= 15 is 0 Å². The molecule has 1 saturated carbocycles. The standard InChI is InChI=1S/C31H28Cl4N2O5/c32-24-4-2-1-3-20(24)18-42-29(38)23-17-37(31(10-11-31)30(36)39)12-9-22(23)19-5-7-21(8-6-19)40-13-14-41-28-16-26(34)25(33)15-27(28)35/h1-8,15-16H,9-14,17-18H2,(H2,36,39). The number of benzene rings is 3. The largest absolute Gasteiger partial charge is 0.490 e. The fraction of sp³-hybridized carbons (Fsp3) is 0.290. The maximum Gasteiger partial charge on any atom is 0.335 e. The van der Waals surface area contributed by atoms with Gasteiger partial charge in [0.1, 0.15) is 36.9 Å². The van der Waals surface area contributed by atoms with Gasteiger partial charge < -0.3 is 19.9 Å². The molecule has 0 unspecified atom stereocenters. The van der Waals surface area contributed by atoms with Gasteiger partial charge in [0.25, 0.3) is 0 Å². The van der Waals surface area contributed by atoms with Crippen molar-refractivity contribution < 1.29 is 23.8 Å². The Labute approximate surface area is 264 Å². The maximum atomic E-state index is 13.4. The van der Waals surface area contributed by atoms with E-state index in [4.69, 9.17) is 66.3 Å². The first kappa shape index (κ1) is 30.5. The summed E-state index contributed by atoms with van der Waals surface area (Å²) in [4.78, 5) is 27.6. The predicted octanol–water partition coefficient (Wildman–Crippen LogP) is 6.98. The van der Waals surface area contributed by atoms with Crippen molar-refractivity contribution >= 4 is 63.9 Å². The number of ether oxygens (including phenoxy) is 3. The van der Waals surface area contributed by atoms with Gasteiger partial charge in [-0.2, -0.15) is 0 Å². The number of esters is 1. The van der Waals surface area contributed by atoms with Crippen LogP contribution in [0.3, 0.4) is 0 Å². The summed E-state index contributed by atoms with van der Waals surface area (Å²) in [6, 6.07) is 17.8. The fourth-order valence-electron chi connectivity index (χ4n) is 5.00. The van der Waals surface area contributed by atoms with Gasteiger partial charge in [0.15, 0.2) is 0 Å². The van der Waals surface area contributed by atoms with Gasteiger partial charge in [-0.25, -0.2) is 4.79 Å². The highest BCUT2D eigenvalue weighted by Crippen LogP contribution is 2.44. The van der Waals surface area contributed by atoms with Crippen LogP contribution < -0.4 is 15.2 Å². The van der Waals surface area contributed by atoms with E-state index in [2.05, 4.69) is 0 Å². The summed E-state index contributed by atoms with van der Waals surface area (Å²) in [6.07, 6.45) is 1.93. The monoisotopic (exact) mass is 648 g/mol. The maximum absolute atomic E-state index is 13.4. The summed E-state index contributed by atoms with van der Waals surface area (Å²) in [5.41, 5.74) is 7.99. The van der Waals surface area contributed by atoms with Gasteiger partial charge in [-0.1, -0.05) is 76.7 Å². The van der Waals surface area contributed by atoms with Crippen molar-refractivity contribution in [3.63, 3.8) is 0 Å². The lowest BCUT2D eigenvalue weighted by Gasteiger charge is -2.35. The van der Waals surface area contributed by atoms with Crippen LogP contribution in [0.1, 0.15) is 30.4 Å². The second-order valence-corrected chi connectivity index (χ2v) is 11.7. The highest BCUT2D eigenvalue weighted by Gasteiger charge is 2.54. The topological polar surface area (TPSA) is 91.1 Å². The molecule has 7 nitrogen and oxygen atoms in total. The number of carbonyl (C=O) groups excluding carboxylic acids is 2. The van der Waals surface area contributed by atoms with Crippen LogP contribution in [-0.4, -0.2) is 48.6 Å². The van der Waals surface area contributed by atoms with Crippen molar-refractivity contribution in [2.75, 3.05) is 26.3 Å². The number of nitrogens with zero attached hydrogens (tertiary/aromatic N) is 1. The summed E-state index contributed by atoms with van der Waals surface area (Å²) in [5.74, 6) is 0.241. The molecule has 3 aromatic rings. The highest BCUT2D eigenvalue weighted by molar-refractivity contribution is 6.43. The molecular weight excluding hydrogens is 622 g/mol. The van der Waals surface area contributed by atoms with Crippen LogP contribution in [0.4, 0.5) is 0 Å². The second kappa shape index (κ2) is 13.1. The Bertz CT molecular complexity index is 1520. The zero-order valence-corrected chi connectivity index (χ0v) is 25.5. The Morgan fingerprint density at radius 1 is 0.857 bits per heavy atom. The molecule has 0 saturated heterocycles. The van der Waals surface area contributed by atoms with Crippen molar-refractivity contribution in [3.8, 4) is 11.5 Å². The van der Waals surface area contributed by atoms with E-state index in [0.717, 1.165) is 11.1 Å². The molecule has 1 heterocycles. The molecule has 2 N–H and O–H groups in total. The number of primary amides is 1. The van der Waals surface area contributed by atoms with Crippen LogP contribution in [0.5, 0.6) is 11.5 Å². The van der Waals surface area contributed by atoms with Gasteiger partial charge in [-0.05, 0) is 54.7 Å². The molecule has 3 aromatic carbocycles. The Kier molecular flexibility index (Phi) is 9.55. The summed E-state index contributed by atoms with van der Waals surface area (Å²) >= 11 is 24.4. The number of nitrogens with two attached hydrogens (primary N) is 1. The summed E-state index contributed by atoms with van der Waals surface area (Å²) < 4.78 is 17.2. The Morgan fingerprint density at radius 2 is 1.55 bits per heavy atom. The van der Waals surface area contributed by atoms with Crippen molar-refractivity contribution in [2.24, 2.45) is 5.73 Å². The normalized spacial score (nSPS) is 16.2. The molecule has 11 heteroatoms. The molecule has 220 valence electrons. The quantitative estimate of drug-likeness (QED) is 0.137. The molecule has 0 bridgehead atoms. The third-order valence-corrected chi connectivity index (χ3v) is 8.87. The molecule has 0 atom stereocenters. The van der Waals surface area contributed by atoms with E-state index in [9.17, 15) is 9.59 Å². The van der Waals surface area contributed by atoms with E-state index in [-0.39, 0.29) is 32.3 Å². The van der Waals surface area contributed by atoms with Gasteiger partial charge in [-0.15, -0.1) is 0 Å². The zero-order valence-electron chi connectivity index (χ0n) is 22.5. The molecule has 0 aromatic heterocycles. The van der Waals surface area contributed by atoms with E-state index in [0.29, 0.717) is 68.5 Å². The lowest BCUT2D eigenvalue weighted by Crippen LogP contribution is -2.50. The minimum atomic E-state index is -0.693. The zero-order chi connectivity index (χ0) is 29.9. The minimum Gasteiger partial charge on any atom is -0.490 e. The molecule has 42 heavy (non-hydrogen) atoms. The van der Waals surface area contributed by atoms with Crippen LogP contribution >= 0.6 is 46.4 Å². The van der Waals surface area contributed by atoms with E-state index in [1.54, 1.807) is 12.1 Å². The number of halogens is 4. The lowest BCUT2D eigenvalue weighted by atomic mass is 9.92. The van der Waals surface area contributed by atoms with Gasteiger partial charge in [0, 0.05) is 29.7 Å². The SMILES string of the molecule is NC(=O)C1(N2CCC(c3ccc(OCCOc4cc(Cl)c(Cl)cc4Cl)cc3)=C(C(=O)OCc3ccccc3Cl)C2)CC1. The number of hydrogen-bond acceptors (Lipinski definition) is 6. The minimum absolute atomic E-state index is 0.0402. The molecule has 1 amide bonds. The first-order valence-electron chi connectivity index (χ1n) is 13.4. The molecule has 0 spiro atoms. The summed E-state index contributed by atoms with van der Waals surface area (Å²) in [7, 11) is 0. The number of rotatable bonds is 11. The van der Waals surface area contributed by atoms with Crippen molar-refractivity contribution in [3.05, 3.63) is 97.5 Å².